The van der Waals surface area contributed by atoms with Gasteiger partial charge < -0.3 is 15.3 Å². The van der Waals surface area contributed by atoms with Crippen molar-refractivity contribution in [2.75, 3.05) is 11.9 Å². The molecular weight excluding hydrogens is 244 g/mol. The molecule has 0 heterocycles. The molecule has 2 N–H and O–H groups in total. The van der Waals surface area contributed by atoms with E-state index in [-0.39, 0.29) is 18.6 Å². The number of carboxylic acids is 1. The fourth-order valence-corrected chi connectivity index (χ4v) is 1.63. The summed E-state index contributed by atoms with van der Waals surface area (Å²) < 4.78 is 0. The Balaban J connectivity index is 2.76. The third kappa shape index (κ3) is 4.62. The van der Waals surface area contributed by atoms with Gasteiger partial charge in [-0.15, -0.1) is 0 Å². The van der Waals surface area contributed by atoms with Crippen LogP contribution in [0.1, 0.15) is 25.8 Å². The number of carboxylic acid groups (broad SMARTS) is 1. The number of carbonyl (C=O) groups excluding carboxylic acids is 1. The first kappa shape index (κ1) is 15.0. The summed E-state index contributed by atoms with van der Waals surface area (Å²) in [5, 5.41) is 11.6. The van der Waals surface area contributed by atoms with E-state index in [2.05, 4.69) is 5.32 Å². The highest BCUT2D eigenvalue weighted by Crippen LogP contribution is 2.11. The van der Waals surface area contributed by atoms with Gasteiger partial charge in [0.1, 0.15) is 6.54 Å². The molecule has 1 rings (SSSR count). The lowest BCUT2D eigenvalue weighted by atomic mass is 10.2. The molecule has 0 bridgehead atoms. The number of nitrogens with zero attached hydrogens (tertiary/aromatic N) is 1. The van der Waals surface area contributed by atoms with E-state index in [0.717, 1.165) is 5.56 Å². The van der Waals surface area contributed by atoms with Crippen LogP contribution >= 0.6 is 0 Å². The number of amides is 2. The van der Waals surface area contributed by atoms with Gasteiger partial charge in [0, 0.05) is 11.7 Å². The standard InChI is InChI=1S/C14H20N2O3/c1-4-11(3)16(9-13(17)18)14(19)15-12-7-5-10(2)6-8-12/h5-8,11H,4,9H2,1-3H3,(H,15,19)(H,17,18). The molecule has 0 spiro atoms. The zero-order chi connectivity index (χ0) is 14.4. The molecule has 0 aliphatic carbocycles. The zero-order valence-corrected chi connectivity index (χ0v) is 11.5. The van der Waals surface area contributed by atoms with Gasteiger partial charge in [-0.1, -0.05) is 24.6 Å². The first-order valence-electron chi connectivity index (χ1n) is 6.30. The first-order chi connectivity index (χ1) is 8.93. The molecule has 19 heavy (non-hydrogen) atoms. The second kappa shape index (κ2) is 6.78. The number of urea groups is 1. The van der Waals surface area contributed by atoms with Gasteiger partial charge in [-0.25, -0.2) is 4.79 Å². The van der Waals surface area contributed by atoms with Crippen LogP contribution in [0.15, 0.2) is 24.3 Å². The minimum absolute atomic E-state index is 0.124. The van der Waals surface area contributed by atoms with Crippen LogP contribution in [0.2, 0.25) is 0 Å². The van der Waals surface area contributed by atoms with Crippen molar-refractivity contribution in [3.8, 4) is 0 Å². The molecule has 0 aromatic heterocycles. The SMILES string of the molecule is CCC(C)N(CC(=O)O)C(=O)Nc1ccc(C)cc1. The summed E-state index contributed by atoms with van der Waals surface area (Å²) in [7, 11) is 0. The molecule has 0 saturated carbocycles. The molecule has 0 aliphatic rings. The number of aliphatic carboxylic acids is 1. The molecule has 1 aromatic rings. The molecule has 0 radical (unpaired) electrons. The highest BCUT2D eigenvalue weighted by Gasteiger charge is 2.21. The molecule has 0 fully saturated rings. The smallest absolute Gasteiger partial charge is 0.323 e. The van der Waals surface area contributed by atoms with E-state index in [1.54, 1.807) is 12.1 Å². The van der Waals surface area contributed by atoms with E-state index in [1.807, 2.05) is 32.9 Å². The van der Waals surface area contributed by atoms with E-state index in [0.29, 0.717) is 12.1 Å². The van der Waals surface area contributed by atoms with Gasteiger partial charge in [0.05, 0.1) is 0 Å². The molecule has 1 unspecified atom stereocenters. The molecule has 0 aliphatic heterocycles. The van der Waals surface area contributed by atoms with Gasteiger partial charge in [-0.3, -0.25) is 4.79 Å². The fourth-order valence-electron chi connectivity index (χ4n) is 1.63. The Morgan fingerprint density at radius 3 is 2.37 bits per heavy atom. The molecule has 5 heteroatoms. The van der Waals surface area contributed by atoms with Crippen LogP contribution in [0.25, 0.3) is 0 Å². The minimum atomic E-state index is -1.01. The largest absolute Gasteiger partial charge is 0.480 e. The van der Waals surface area contributed by atoms with Crippen molar-refractivity contribution in [1.82, 2.24) is 4.90 Å². The van der Waals surface area contributed by atoms with Crippen molar-refractivity contribution in [3.05, 3.63) is 29.8 Å². The Labute approximate surface area is 113 Å². The highest BCUT2D eigenvalue weighted by molar-refractivity contribution is 5.91. The summed E-state index contributed by atoms with van der Waals surface area (Å²) >= 11 is 0. The zero-order valence-electron chi connectivity index (χ0n) is 11.5. The van der Waals surface area contributed by atoms with Crippen molar-refractivity contribution in [2.24, 2.45) is 0 Å². The Bertz CT molecular complexity index is 443. The monoisotopic (exact) mass is 264 g/mol. The van der Waals surface area contributed by atoms with Crippen molar-refractivity contribution < 1.29 is 14.7 Å². The van der Waals surface area contributed by atoms with Crippen LogP contribution in [0.5, 0.6) is 0 Å². The predicted molar refractivity (Wildman–Crippen MR) is 74.3 cm³/mol. The summed E-state index contributed by atoms with van der Waals surface area (Å²) in [5.41, 5.74) is 1.76. The van der Waals surface area contributed by atoms with Crippen molar-refractivity contribution in [2.45, 2.75) is 33.2 Å². The van der Waals surface area contributed by atoms with Crippen molar-refractivity contribution in [3.63, 3.8) is 0 Å². The van der Waals surface area contributed by atoms with Gasteiger partial charge in [-0.2, -0.15) is 0 Å². The summed E-state index contributed by atoms with van der Waals surface area (Å²) in [6, 6.07) is 6.86. The molecule has 2 amide bonds. The van der Waals surface area contributed by atoms with E-state index in [1.165, 1.54) is 4.90 Å². The van der Waals surface area contributed by atoms with Gasteiger partial charge in [0.25, 0.3) is 0 Å². The van der Waals surface area contributed by atoms with Gasteiger partial charge >= 0.3 is 12.0 Å². The van der Waals surface area contributed by atoms with Gasteiger partial charge in [-0.05, 0) is 32.4 Å². The molecule has 5 nitrogen and oxygen atoms in total. The lowest BCUT2D eigenvalue weighted by Gasteiger charge is -2.27. The number of benzene rings is 1. The Morgan fingerprint density at radius 2 is 1.89 bits per heavy atom. The Morgan fingerprint density at radius 1 is 1.32 bits per heavy atom. The number of hydrogen-bond acceptors (Lipinski definition) is 2. The van der Waals surface area contributed by atoms with E-state index in [4.69, 9.17) is 5.11 Å². The molecule has 0 saturated heterocycles. The second-order valence-electron chi connectivity index (χ2n) is 4.58. The average molecular weight is 264 g/mol. The summed E-state index contributed by atoms with van der Waals surface area (Å²) in [6.07, 6.45) is 0.703. The molecule has 1 atom stereocenters. The number of aryl methyl sites for hydroxylation is 1. The third-order valence-corrected chi connectivity index (χ3v) is 2.99. The predicted octanol–water partition coefficient (Wildman–Crippen LogP) is 2.71. The fraction of sp³-hybridized carbons (Fsp3) is 0.429. The van der Waals surface area contributed by atoms with Crippen LogP contribution in [-0.4, -0.2) is 34.6 Å². The minimum Gasteiger partial charge on any atom is -0.480 e. The number of anilines is 1. The van der Waals surface area contributed by atoms with E-state index >= 15 is 0 Å². The molecule has 104 valence electrons. The third-order valence-electron chi connectivity index (χ3n) is 2.99. The van der Waals surface area contributed by atoms with Crippen LogP contribution in [-0.2, 0) is 4.79 Å². The lowest BCUT2D eigenvalue weighted by Crippen LogP contribution is -2.44. The van der Waals surface area contributed by atoms with Crippen LogP contribution in [0, 0.1) is 6.92 Å². The van der Waals surface area contributed by atoms with E-state index < -0.39 is 5.97 Å². The average Bonchev–Trinajstić information content (AvgIpc) is 2.37. The summed E-state index contributed by atoms with van der Waals surface area (Å²) in [4.78, 5) is 24.2. The maximum absolute atomic E-state index is 12.1. The summed E-state index contributed by atoms with van der Waals surface area (Å²) in [5.74, 6) is -1.01. The van der Waals surface area contributed by atoms with Gasteiger partial charge in [0.15, 0.2) is 0 Å². The maximum atomic E-state index is 12.1. The van der Waals surface area contributed by atoms with E-state index in [9.17, 15) is 9.59 Å². The topological polar surface area (TPSA) is 69.6 Å². The van der Waals surface area contributed by atoms with Gasteiger partial charge in [0.2, 0.25) is 0 Å². The number of carbonyl (C=O) groups is 2. The number of nitrogens with one attached hydrogen (secondary N) is 1. The van der Waals surface area contributed by atoms with Crippen molar-refractivity contribution in [1.29, 1.82) is 0 Å². The first-order valence-corrected chi connectivity index (χ1v) is 6.30. The number of hydrogen-bond donors (Lipinski definition) is 2. The van der Waals surface area contributed by atoms with Crippen LogP contribution < -0.4 is 5.32 Å². The normalized spacial score (nSPS) is 11.7. The highest BCUT2D eigenvalue weighted by atomic mass is 16.4. The molecule has 1 aromatic carbocycles. The Hall–Kier alpha value is -2.04. The Kier molecular flexibility index (Phi) is 5.36. The summed E-state index contributed by atoms with van der Waals surface area (Å²) in [6.45, 7) is 5.41. The quantitative estimate of drug-likeness (QED) is 0.859. The van der Waals surface area contributed by atoms with Crippen LogP contribution in [0.3, 0.4) is 0 Å². The lowest BCUT2D eigenvalue weighted by molar-refractivity contribution is -0.138. The maximum Gasteiger partial charge on any atom is 0.323 e. The number of rotatable bonds is 5. The van der Waals surface area contributed by atoms with Crippen molar-refractivity contribution >= 4 is 17.7 Å². The second-order valence-corrected chi connectivity index (χ2v) is 4.58. The van der Waals surface area contributed by atoms with Crippen LogP contribution in [0.4, 0.5) is 10.5 Å². The molecular formula is C14H20N2O3.